The Morgan fingerprint density at radius 2 is 2.14 bits per heavy atom. The number of hydrogen-bond donors (Lipinski definition) is 3. The lowest BCUT2D eigenvalue weighted by molar-refractivity contribution is 0.115. The molecule has 0 aliphatic carbocycles. The third-order valence-electron chi connectivity index (χ3n) is 4.11. The summed E-state index contributed by atoms with van der Waals surface area (Å²) < 4.78 is 5.76. The number of aliphatic hydroxyl groups excluding tert-OH is 1. The molecule has 0 amide bonds. The van der Waals surface area contributed by atoms with Crippen molar-refractivity contribution in [2.45, 2.75) is 51.4 Å². The van der Waals surface area contributed by atoms with Gasteiger partial charge < -0.3 is 20.1 Å². The van der Waals surface area contributed by atoms with Crippen LogP contribution in [0.25, 0.3) is 10.9 Å². The number of piperidine rings is 1. The van der Waals surface area contributed by atoms with Crippen molar-refractivity contribution in [1.29, 1.82) is 0 Å². The molecule has 21 heavy (non-hydrogen) atoms. The molecule has 2 unspecified atom stereocenters. The topological polar surface area (TPSA) is 57.3 Å². The number of rotatable bonds is 4. The number of hydrogen-bond acceptors (Lipinski definition) is 3. The molecule has 0 radical (unpaired) electrons. The summed E-state index contributed by atoms with van der Waals surface area (Å²) >= 11 is 0. The normalized spacial score (nSPS) is 20.9. The van der Waals surface area contributed by atoms with E-state index in [1.54, 1.807) is 0 Å². The van der Waals surface area contributed by atoms with Crippen LogP contribution >= 0.6 is 0 Å². The largest absolute Gasteiger partial charge is 0.491 e. The molecule has 3 N–H and O–H groups in total. The molecular weight excluding hydrogens is 264 g/mol. The first-order chi connectivity index (χ1) is 10.1. The van der Waals surface area contributed by atoms with Gasteiger partial charge >= 0.3 is 0 Å². The van der Waals surface area contributed by atoms with E-state index in [-0.39, 0.29) is 12.1 Å². The van der Waals surface area contributed by atoms with Gasteiger partial charge in [-0.15, -0.1) is 0 Å². The van der Waals surface area contributed by atoms with Crippen LogP contribution in [0.5, 0.6) is 5.75 Å². The zero-order chi connectivity index (χ0) is 14.8. The second kappa shape index (κ2) is 6.08. The second-order valence-corrected chi connectivity index (χ2v) is 6.12. The van der Waals surface area contributed by atoms with Gasteiger partial charge in [0.25, 0.3) is 0 Å². The van der Waals surface area contributed by atoms with Crippen LogP contribution in [0.3, 0.4) is 0 Å². The maximum Gasteiger partial charge on any atom is 0.120 e. The summed E-state index contributed by atoms with van der Waals surface area (Å²) in [6.07, 6.45) is 4.99. The molecule has 2 aromatic rings. The van der Waals surface area contributed by atoms with Crippen molar-refractivity contribution in [3.8, 4) is 5.75 Å². The van der Waals surface area contributed by atoms with E-state index < -0.39 is 6.10 Å². The summed E-state index contributed by atoms with van der Waals surface area (Å²) in [7, 11) is 0. The van der Waals surface area contributed by atoms with Crippen LogP contribution in [0.2, 0.25) is 0 Å². The lowest BCUT2D eigenvalue weighted by atomic mass is 9.94. The van der Waals surface area contributed by atoms with Crippen LogP contribution in [-0.2, 0) is 0 Å². The minimum atomic E-state index is -0.478. The predicted octanol–water partition coefficient (Wildman–Crippen LogP) is 3.13. The van der Waals surface area contributed by atoms with Crippen molar-refractivity contribution in [1.82, 2.24) is 10.3 Å². The Morgan fingerprint density at radius 1 is 1.29 bits per heavy atom. The zero-order valence-corrected chi connectivity index (χ0v) is 12.7. The predicted molar refractivity (Wildman–Crippen MR) is 84.7 cm³/mol. The van der Waals surface area contributed by atoms with Gasteiger partial charge in [0, 0.05) is 28.7 Å². The molecule has 4 heteroatoms. The summed E-state index contributed by atoms with van der Waals surface area (Å²) in [5.41, 5.74) is 1.99. The van der Waals surface area contributed by atoms with Crippen molar-refractivity contribution in [2.75, 3.05) is 6.54 Å². The van der Waals surface area contributed by atoms with Gasteiger partial charge in [-0.25, -0.2) is 0 Å². The summed E-state index contributed by atoms with van der Waals surface area (Å²) in [5.74, 6) is 0.849. The zero-order valence-electron chi connectivity index (χ0n) is 12.7. The summed E-state index contributed by atoms with van der Waals surface area (Å²) in [4.78, 5) is 3.25. The van der Waals surface area contributed by atoms with Gasteiger partial charge in [0.05, 0.1) is 12.2 Å². The number of aromatic amines is 1. The van der Waals surface area contributed by atoms with Crippen LogP contribution in [0.15, 0.2) is 24.4 Å². The van der Waals surface area contributed by atoms with Crippen LogP contribution in [0.4, 0.5) is 0 Å². The number of fused-ring (bicyclic) bond motifs is 1. The van der Waals surface area contributed by atoms with E-state index in [0.717, 1.165) is 35.2 Å². The van der Waals surface area contributed by atoms with Gasteiger partial charge in [-0.2, -0.15) is 0 Å². The molecular formula is C17H24N2O2. The molecule has 3 rings (SSSR count). The highest BCUT2D eigenvalue weighted by Crippen LogP contribution is 2.31. The Labute approximate surface area is 125 Å². The summed E-state index contributed by atoms with van der Waals surface area (Å²) in [5, 5.41) is 15.2. The average Bonchev–Trinajstić information content (AvgIpc) is 2.90. The second-order valence-electron chi connectivity index (χ2n) is 6.12. The Bertz CT molecular complexity index is 600. The number of ether oxygens (including phenoxy) is 1. The third-order valence-corrected chi connectivity index (χ3v) is 4.11. The van der Waals surface area contributed by atoms with Crippen molar-refractivity contribution >= 4 is 10.9 Å². The average molecular weight is 288 g/mol. The first kappa shape index (κ1) is 14.4. The number of benzene rings is 1. The Balaban J connectivity index is 1.90. The van der Waals surface area contributed by atoms with Crippen molar-refractivity contribution in [3.05, 3.63) is 30.0 Å². The molecule has 1 aromatic carbocycles. The van der Waals surface area contributed by atoms with Gasteiger partial charge in [-0.05, 0) is 51.4 Å². The molecule has 1 saturated heterocycles. The minimum absolute atomic E-state index is 0.146. The fourth-order valence-corrected chi connectivity index (χ4v) is 3.08. The first-order valence-corrected chi connectivity index (χ1v) is 7.84. The van der Waals surface area contributed by atoms with Gasteiger partial charge in [-0.1, -0.05) is 6.42 Å². The van der Waals surface area contributed by atoms with Crippen molar-refractivity contribution in [2.24, 2.45) is 0 Å². The molecule has 1 aliphatic heterocycles. The molecule has 114 valence electrons. The third kappa shape index (κ3) is 3.06. The van der Waals surface area contributed by atoms with Crippen molar-refractivity contribution < 1.29 is 9.84 Å². The quantitative estimate of drug-likeness (QED) is 0.810. The fraction of sp³-hybridized carbons (Fsp3) is 0.529. The van der Waals surface area contributed by atoms with Gasteiger partial charge in [-0.3, -0.25) is 0 Å². The number of H-pyrrole nitrogens is 1. The first-order valence-electron chi connectivity index (χ1n) is 7.84. The van der Waals surface area contributed by atoms with E-state index in [1.807, 2.05) is 38.2 Å². The molecule has 4 nitrogen and oxygen atoms in total. The minimum Gasteiger partial charge on any atom is -0.491 e. The van der Waals surface area contributed by atoms with E-state index in [2.05, 4.69) is 10.3 Å². The maximum atomic E-state index is 10.7. The van der Waals surface area contributed by atoms with Crippen LogP contribution in [0, 0.1) is 0 Å². The van der Waals surface area contributed by atoms with Crippen LogP contribution in [-0.4, -0.2) is 28.8 Å². The maximum absolute atomic E-state index is 10.7. The molecule has 1 aliphatic rings. The van der Waals surface area contributed by atoms with Crippen LogP contribution in [0.1, 0.15) is 44.8 Å². The Kier molecular flexibility index (Phi) is 4.17. The smallest absolute Gasteiger partial charge is 0.120 e. The van der Waals surface area contributed by atoms with Gasteiger partial charge in [0.15, 0.2) is 0 Å². The highest BCUT2D eigenvalue weighted by Gasteiger charge is 2.24. The number of nitrogens with one attached hydrogen (secondary N) is 2. The van der Waals surface area contributed by atoms with E-state index >= 15 is 0 Å². The summed E-state index contributed by atoms with van der Waals surface area (Å²) in [6, 6.07) is 6.14. The van der Waals surface area contributed by atoms with Gasteiger partial charge in [0.2, 0.25) is 0 Å². The molecule has 1 aromatic heterocycles. The lowest BCUT2D eigenvalue weighted by Gasteiger charge is -2.27. The molecule has 1 fully saturated rings. The Hall–Kier alpha value is -1.52. The van der Waals surface area contributed by atoms with Crippen LogP contribution < -0.4 is 10.1 Å². The highest BCUT2D eigenvalue weighted by atomic mass is 16.5. The monoisotopic (exact) mass is 288 g/mol. The van der Waals surface area contributed by atoms with E-state index in [4.69, 9.17) is 4.74 Å². The molecule has 2 atom stereocenters. The highest BCUT2D eigenvalue weighted by molar-refractivity contribution is 5.85. The molecule has 0 spiro atoms. The molecule has 0 bridgehead atoms. The van der Waals surface area contributed by atoms with Crippen molar-refractivity contribution in [3.63, 3.8) is 0 Å². The lowest BCUT2D eigenvalue weighted by Crippen LogP contribution is -2.38. The van der Waals surface area contributed by atoms with E-state index in [9.17, 15) is 5.11 Å². The standard InChI is InChI=1S/C17H24N2O2/c1-11(2)21-12-6-7-15-13(9-12)14(10-19-15)17(20)16-5-3-4-8-18-16/h6-7,9-11,16-20H,3-5,8H2,1-2H3. The van der Waals surface area contributed by atoms with E-state index in [0.29, 0.717) is 0 Å². The van der Waals surface area contributed by atoms with Gasteiger partial charge in [0.1, 0.15) is 5.75 Å². The molecule has 0 saturated carbocycles. The molecule has 2 heterocycles. The fourth-order valence-electron chi connectivity index (χ4n) is 3.08. The Morgan fingerprint density at radius 3 is 2.86 bits per heavy atom. The number of aliphatic hydroxyl groups is 1. The van der Waals surface area contributed by atoms with E-state index in [1.165, 1.54) is 12.8 Å². The number of aromatic nitrogens is 1. The SMILES string of the molecule is CC(C)Oc1ccc2[nH]cc(C(O)C3CCCCN3)c2c1. The summed E-state index contributed by atoms with van der Waals surface area (Å²) in [6.45, 7) is 5.03.